The molecule has 32 heavy (non-hydrogen) atoms. The second-order valence-corrected chi connectivity index (χ2v) is 8.53. The molecule has 0 bridgehead atoms. The SMILES string of the molecule is CCCC(=O)N1CCN(c2ccc(Cl)cc2NC(=O)c2cccc(OC(C)CC)c2)CC1. The fourth-order valence-corrected chi connectivity index (χ4v) is 3.85. The standard InChI is InChI=1S/C25H32ClN3O3/c1-4-7-24(30)29-14-12-28(13-15-29)23-11-10-20(26)17-22(23)27-25(31)19-8-6-9-21(16-19)32-18(3)5-2/h6,8-11,16-18H,4-5,7,12-15H2,1-3H3,(H,27,31). The Balaban J connectivity index is 1.73. The highest BCUT2D eigenvalue weighted by Crippen LogP contribution is 2.31. The maximum atomic E-state index is 13.0. The topological polar surface area (TPSA) is 61.9 Å². The van der Waals surface area contributed by atoms with Gasteiger partial charge in [0.2, 0.25) is 5.91 Å². The second-order valence-electron chi connectivity index (χ2n) is 8.10. The van der Waals surface area contributed by atoms with Gasteiger partial charge in [-0.15, -0.1) is 0 Å². The van der Waals surface area contributed by atoms with Gasteiger partial charge in [-0.3, -0.25) is 9.59 Å². The van der Waals surface area contributed by atoms with E-state index in [4.69, 9.17) is 16.3 Å². The first-order valence-corrected chi connectivity index (χ1v) is 11.7. The van der Waals surface area contributed by atoms with Gasteiger partial charge in [-0.2, -0.15) is 0 Å². The largest absolute Gasteiger partial charge is 0.491 e. The van der Waals surface area contributed by atoms with Gasteiger partial charge in [0.05, 0.1) is 17.5 Å². The average molecular weight is 458 g/mol. The minimum absolute atomic E-state index is 0.0794. The first-order chi connectivity index (χ1) is 15.4. The predicted molar refractivity (Wildman–Crippen MR) is 130 cm³/mol. The molecule has 0 saturated carbocycles. The van der Waals surface area contributed by atoms with Crippen molar-refractivity contribution in [1.29, 1.82) is 0 Å². The number of carbonyl (C=O) groups excluding carboxylic acids is 2. The second kappa shape index (κ2) is 11.2. The molecule has 1 unspecified atom stereocenters. The average Bonchev–Trinajstić information content (AvgIpc) is 2.79. The summed E-state index contributed by atoms with van der Waals surface area (Å²) in [6.07, 6.45) is 2.41. The number of hydrogen-bond donors (Lipinski definition) is 1. The third kappa shape index (κ3) is 6.16. The van der Waals surface area contributed by atoms with Crippen molar-refractivity contribution in [2.24, 2.45) is 0 Å². The summed E-state index contributed by atoms with van der Waals surface area (Å²) in [7, 11) is 0. The maximum absolute atomic E-state index is 13.0. The highest BCUT2D eigenvalue weighted by atomic mass is 35.5. The van der Waals surface area contributed by atoms with Crippen molar-refractivity contribution < 1.29 is 14.3 Å². The number of ether oxygens (including phenoxy) is 1. The molecule has 0 radical (unpaired) electrons. The summed E-state index contributed by atoms with van der Waals surface area (Å²) < 4.78 is 5.85. The van der Waals surface area contributed by atoms with Gasteiger partial charge in [-0.25, -0.2) is 0 Å². The van der Waals surface area contributed by atoms with Crippen molar-refractivity contribution >= 4 is 34.8 Å². The van der Waals surface area contributed by atoms with E-state index in [0.29, 0.717) is 54.6 Å². The first-order valence-electron chi connectivity index (χ1n) is 11.3. The third-order valence-electron chi connectivity index (χ3n) is 5.65. The van der Waals surface area contributed by atoms with Crippen molar-refractivity contribution in [2.75, 3.05) is 36.4 Å². The van der Waals surface area contributed by atoms with Crippen LogP contribution in [0.5, 0.6) is 5.75 Å². The van der Waals surface area contributed by atoms with Crippen molar-refractivity contribution in [1.82, 2.24) is 4.90 Å². The minimum Gasteiger partial charge on any atom is -0.491 e. The fourth-order valence-electron chi connectivity index (χ4n) is 3.67. The van der Waals surface area contributed by atoms with E-state index in [1.165, 1.54) is 0 Å². The van der Waals surface area contributed by atoms with Crippen LogP contribution in [-0.2, 0) is 4.79 Å². The Bertz CT molecular complexity index is 942. The van der Waals surface area contributed by atoms with Crippen LogP contribution in [0.4, 0.5) is 11.4 Å². The fraction of sp³-hybridized carbons (Fsp3) is 0.440. The first kappa shape index (κ1) is 23.9. The van der Waals surface area contributed by atoms with Gasteiger partial charge < -0.3 is 19.9 Å². The van der Waals surface area contributed by atoms with E-state index < -0.39 is 0 Å². The summed E-state index contributed by atoms with van der Waals surface area (Å²) in [5.41, 5.74) is 2.08. The molecule has 7 heteroatoms. The Morgan fingerprint density at radius 2 is 1.84 bits per heavy atom. The molecule has 2 aromatic carbocycles. The molecule has 1 aliphatic heterocycles. The normalized spacial score (nSPS) is 14.8. The maximum Gasteiger partial charge on any atom is 0.255 e. The van der Waals surface area contributed by atoms with Crippen LogP contribution in [0.25, 0.3) is 0 Å². The van der Waals surface area contributed by atoms with E-state index in [0.717, 1.165) is 18.5 Å². The van der Waals surface area contributed by atoms with Crippen LogP contribution >= 0.6 is 11.6 Å². The lowest BCUT2D eigenvalue weighted by atomic mass is 10.1. The van der Waals surface area contributed by atoms with E-state index in [1.54, 1.807) is 18.2 Å². The molecular formula is C25H32ClN3O3. The van der Waals surface area contributed by atoms with Gasteiger partial charge in [0.1, 0.15) is 5.75 Å². The van der Waals surface area contributed by atoms with E-state index in [1.807, 2.05) is 43.0 Å². The zero-order valence-electron chi connectivity index (χ0n) is 19.1. The number of rotatable bonds is 8. The lowest BCUT2D eigenvalue weighted by molar-refractivity contribution is -0.131. The molecule has 2 aromatic rings. The van der Waals surface area contributed by atoms with Crippen LogP contribution in [0.1, 0.15) is 50.4 Å². The minimum atomic E-state index is -0.222. The summed E-state index contributed by atoms with van der Waals surface area (Å²) in [5, 5.41) is 3.56. The number of amides is 2. The van der Waals surface area contributed by atoms with E-state index in [2.05, 4.69) is 17.1 Å². The molecule has 0 spiro atoms. The zero-order chi connectivity index (χ0) is 23.1. The van der Waals surface area contributed by atoms with E-state index in [9.17, 15) is 9.59 Å². The van der Waals surface area contributed by atoms with Crippen molar-refractivity contribution in [3.05, 3.63) is 53.1 Å². The van der Waals surface area contributed by atoms with Crippen molar-refractivity contribution in [3.8, 4) is 5.75 Å². The summed E-state index contributed by atoms with van der Waals surface area (Å²) in [4.78, 5) is 29.3. The van der Waals surface area contributed by atoms with Crippen molar-refractivity contribution in [2.45, 2.75) is 46.1 Å². The molecule has 6 nitrogen and oxygen atoms in total. The van der Waals surface area contributed by atoms with E-state index in [-0.39, 0.29) is 17.9 Å². The predicted octanol–water partition coefficient (Wildman–Crippen LogP) is 5.22. The lowest BCUT2D eigenvalue weighted by Gasteiger charge is -2.37. The third-order valence-corrected chi connectivity index (χ3v) is 5.89. The zero-order valence-corrected chi connectivity index (χ0v) is 19.8. The van der Waals surface area contributed by atoms with Gasteiger partial charge in [0.25, 0.3) is 5.91 Å². The number of halogens is 1. The number of anilines is 2. The molecule has 172 valence electrons. The van der Waals surface area contributed by atoms with Gasteiger partial charge in [0, 0.05) is 43.2 Å². The van der Waals surface area contributed by atoms with Gasteiger partial charge in [-0.1, -0.05) is 31.5 Å². The van der Waals surface area contributed by atoms with Crippen LogP contribution in [0, 0.1) is 0 Å². The van der Waals surface area contributed by atoms with Gasteiger partial charge in [-0.05, 0) is 56.2 Å². The Morgan fingerprint density at radius 1 is 1.09 bits per heavy atom. The Labute approximate surface area is 195 Å². The van der Waals surface area contributed by atoms with Crippen LogP contribution in [0.3, 0.4) is 0 Å². The van der Waals surface area contributed by atoms with Gasteiger partial charge >= 0.3 is 0 Å². The smallest absolute Gasteiger partial charge is 0.255 e. The summed E-state index contributed by atoms with van der Waals surface area (Å²) >= 11 is 6.24. The number of nitrogens with one attached hydrogen (secondary N) is 1. The Kier molecular flexibility index (Phi) is 8.39. The number of carbonyl (C=O) groups is 2. The van der Waals surface area contributed by atoms with E-state index >= 15 is 0 Å². The molecule has 2 amide bonds. The lowest BCUT2D eigenvalue weighted by Crippen LogP contribution is -2.48. The molecule has 1 saturated heterocycles. The van der Waals surface area contributed by atoms with Crippen LogP contribution in [0.2, 0.25) is 5.02 Å². The molecule has 3 rings (SSSR count). The number of piperazine rings is 1. The quantitative estimate of drug-likeness (QED) is 0.590. The molecule has 1 heterocycles. The molecule has 1 fully saturated rings. The monoisotopic (exact) mass is 457 g/mol. The summed E-state index contributed by atoms with van der Waals surface area (Å²) in [6.45, 7) is 8.83. The Morgan fingerprint density at radius 3 is 2.53 bits per heavy atom. The molecule has 1 N–H and O–H groups in total. The van der Waals surface area contributed by atoms with Crippen molar-refractivity contribution in [3.63, 3.8) is 0 Å². The summed E-state index contributed by atoms with van der Waals surface area (Å²) in [6, 6.07) is 12.7. The number of hydrogen-bond acceptors (Lipinski definition) is 4. The molecule has 0 aliphatic carbocycles. The van der Waals surface area contributed by atoms with Crippen LogP contribution < -0.4 is 15.0 Å². The number of nitrogens with zero attached hydrogens (tertiary/aromatic N) is 2. The highest BCUT2D eigenvalue weighted by Gasteiger charge is 2.23. The molecular weight excluding hydrogens is 426 g/mol. The molecule has 0 aromatic heterocycles. The van der Waals surface area contributed by atoms with Gasteiger partial charge in [0.15, 0.2) is 0 Å². The number of benzene rings is 2. The highest BCUT2D eigenvalue weighted by molar-refractivity contribution is 6.31. The summed E-state index contributed by atoms with van der Waals surface area (Å²) in [5.74, 6) is 0.655. The molecule has 1 aliphatic rings. The molecule has 1 atom stereocenters. The Hall–Kier alpha value is -2.73. The van der Waals surface area contributed by atoms with Crippen LogP contribution in [0.15, 0.2) is 42.5 Å². The van der Waals surface area contributed by atoms with Crippen LogP contribution in [-0.4, -0.2) is 49.0 Å².